The Kier molecular flexibility index (Phi) is 8.65. The minimum Gasteiger partial charge on any atom is -0.495 e. The maximum atomic E-state index is 13.1. The van der Waals surface area contributed by atoms with Gasteiger partial charge in [0.2, 0.25) is 17.8 Å². The number of nitrogens with zero attached hydrogens (tertiary/aromatic N) is 5. The normalized spacial score (nSPS) is 17.6. The van der Waals surface area contributed by atoms with Crippen LogP contribution in [-0.2, 0) is 14.6 Å². The number of carbonyl (C=O) groups excluding carboxylic acids is 1. The van der Waals surface area contributed by atoms with E-state index in [1.54, 1.807) is 57.5 Å². The van der Waals surface area contributed by atoms with Crippen LogP contribution < -0.4 is 20.7 Å². The van der Waals surface area contributed by atoms with Crippen molar-refractivity contribution in [1.29, 1.82) is 0 Å². The SMILES string of the molecule is COc1cc(C2CCN(C(=O)[C@@H]3CCCN3)CC2)c(C)cc1Nc1nc(Nc2ccccc2S(=O)(=O)C(C)C)n2nccc2n1. The molecule has 0 saturated carbocycles. The molecule has 1 atom stereocenters. The van der Waals surface area contributed by atoms with Gasteiger partial charge in [-0.25, -0.2) is 8.42 Å². The lowest BCUT2D eigenvalue weighted by molar-refractivity contribution is -0.134. The van der Waals surface area contributed by atoms with Crippen molar-refractivity contribution in [3.8, 4) is 5.75 Å². The summed E-state index contributed by atoms with van der Waals surface area (Å²) in [5, 5.41) is 13.6. The molecule has 2 aliphatic heterocycles. The number of piperidine rings is 1. The van der Waals surface area contributed by atoms with Gasteiger partial charge in [0, 0.05) is 19.2 Å². The molecular formula is C32H40N8O4S. The summed E-state index contributed by atoms with van der Waals surface area (Å²) in [6.45, 7) is 7.82. The Hall–Kier alpha value is -4.23. The Morgan fingerprint density at radius 3 is 2.53 bits per heavy atom. The van der Waals surface area contributed by atoms with Gasteiger partial charge >= 0.3 is 0 Å². The van der Waals surface area contributed by atoms with Crippen molar-refractivity contribution in [2.75, 3.05) is 37.4 Å². The van der Waals surface area contributed by atoms with Gasteiger partial charge in [0.1, 0.15) is 5.75 Å². The van der Waals surface area contributed by atoms with Crippen LogP contribution >= 0.6 is 0 Å². The number of amides is 1. The van der Waals surface area contributed by atoms with Gasteiger partial charge in [0.15, 0.2) is 15.5 Å². The third kappa shape index (κ3) is 6.19. The number of benzene rings is 2. The van der Waals surface area contributed by atoms with Crippen LogP contribution in [0.25, 0.3) is 5.65 Å². The van der Waals surface area contributed by atoms with E-state index in [0.29, 0.717) is 40.6 Å². The molecule has 2 aromatic heterocycles. The number of fused-ring (bicyclic) bond motifs is 1. The second-order valence-corrected chi connectivity index (χ2v) is 14.4. The van der Waals surface area contributed by atoms with Crippen LogP contribution in [-0.4, -0.2) is 76.8 Å². The summed E-state index contributed by atoms with van der Waals surface area (Å²) in [6.07, 6.45) is 5.39. The fourth-order valence-corrected chi connectivity index (χ4v) is 7.41. The quantitative estimate of drug-likeness (QED) is 0.240. The third-order valence-electron chi connectivity index (χ3n) is 8.76. The average Bonchev–Trinajstić information content (AvgIpc) is 3.74. The monoisotopic (exact) mass is 632 g/mol. The number of aromatic nitrogens is 4. The summed E-state index contributed by atoms with van der Waals surface area (Å²) >= 11 is 0. The predicted octanol–water partition coefficient (Wildman–Crippen LogP) is 4.57. The van der Waals surface area contributed by atoms with Gasteiger partial charge in [0.05, 0.1) is 40.9 Å². The molecule has 13 heteroatoms. The van der Waals surface area contributed by atoms with Gasteiger partial charge in [-0.3, -0.25) is 4.79 Å². The van der Waals surface area contributed by atoms with Crippen molar-refractivity contribution in [2.24, 2.45) is 0 Å². The Labute approximate surface area is 263 Å². The molecule has 6 rings (SSSR count). The zero-order chi connectivity index (χ0) is 31.7. The van der Waals surface area contributed by atoms with Crippen LogP contribution in [0.1, 0.15) is 56.6 Å². The van der Waals surface area contributed by atoms with Crippen LogP contribution in [0.4, 0.5) is 23.3 Å². The maximum Gasteiger partial charge on any atom is 0.239 e. The number of para-hydroxylation sites is 1. The first-order chi connectivity index (χ1) is 21.7. The molecular weight excluding hydrogens is 592 g/mol. The maximum absolute atomic E-state index is 13.1. The fraction of sp³-hybridized carbons (Fsp3) is 0.438. The predicted molar refractivity (Wildman–Crippen MR) is 173 cm³/mol. The van der Waals surface area contributed by atoms with Crippen molar-refractivity contribution in [3.63, 3.8) is 0 Å². The molecule has 0 aliphatic carbocycles. The van der Waals surface area contributed by atoms with E-state index in [-0.39, 0.29) is 16.8 Å². The number of nitrogens with one attached hydrogen (secondary N) is 3. The molecule has 0 radical (unpaired) electrons. The van der Waals surface area contributed by atoms with Crippen molar-refractivity contribution in [3.05, 3.63) is 59.8 Å². The highest BCUT2D eigenvalue weighted by Gasteiger charge is 2.31. The van der Waals surface area contributed by atoms with Crippen LogP contribution in [0.15, 0.2) is 53.6 Å². The minimum absolute atomic E-state index is 0.0312. The molecule has 2 fully saturated rings. The molecule has 0 spiro atoms. The number of anilines is 4. The van der Waals surface area contributed by atoms with Gasteiger partial charge in [-0.2, -0.15) is 19.6 Å². The summed E-state index contributed by atoms with van der Waals surface area (Å²) in [5.74, 6) is 1.82. The molecule has 4 aromatic rings. The van der Waals surface area contributed by atoms with E-state index in [9.17, 15) is 13.2 Å². The summed E-state index contributed by atoms with van der Waals surface area (Å²) in [7, 11) is -1.92. The lowest BCUT2D eigenvalue weighted by atomic mass is 9.86. The fourth-order valence-electron chi connectivity index (χ4n) is 6.21. The summed E-state index contributed by atoms with van der Waals surface area (Å²) in [6, 6.07) is 12.6. The molecule has 45 heavy (non-hydrogen) atoms. The van der Waals surface area contributed by atoms with Gasteiger partial charge < -0.3 is 25.6 Å². The highest BCUT2D eigenvalue weighted by atomic mass is 32.2. The van der Waals surface area contributed by atoms with E-state index < -0.39 is 15.1 Å². The van der Waals surface area contributed by atoms with Gasteiger partial charge in [-0.05, 0) is 94.3 Å². The van der Waals surface area contributed by atoms with Crippen molar-refractivity contribution in [2.45, 2.75) is 68.6 Å². The van der Waals surface area contributed by atoms with E-state index in [1.807, 2.05) is 11.0 Å². The molecule has 0 unspecified atom stereocenters. The first kappa shape index (κ1) is 30.8. The number of methoxy groups -OCH3 is 1. The Morgan fingerprint density at radius 1 is 1.04 bits per heavy atom. The zero-order valence-corrected chi connectivity index (χ0v) is 26.9. The number of carbonyl (C=O) groups is 1. The largest absolute Gasteiger partial charge is 0.495 e. The highest BCUT2D eigenvalue weighted by Crippen LogP contribution is 2.38. The van der Waals surface area contributed by atoms with E-state index in [1.165, 1.54) is 10.1 Å². The van der Waals surface area contributed by atoms with Crippen molar-refractivity contribution in [1.82, 2.24) is 29.8 Å². The van der Waals surface area contributed by atoms with Crippen LogP contribution in [0.3, 0.4) is 0 Å². The van der Waals surface area contributed by atoms with Crippen LogP contribution in [0, 0.1) is 6.92 Å². The van der Waals surface area contributed by atoms with Gasteiger partial charge in [0.25, 0.3) is 0 Å². The second kappa shape index (κ2) is 12.6. The van der Waals surface area contributed by atoms with Crippen molar-refractivity contribution >= 4 is 44.7 Å². The average molecular weight is 633 g/mol. The molecule has 1 amide bonds. The molecule has 4 heterocycles. The highest BCUT2D eigenvalue weighted by molar-refractivity contribution is 7.92. The summed E-state index contributed by atoms with van der Waals surface area (Å²) in [5.41, 5.74) is 3.95. The van der Waals surface area contributed by atoms with E-state index >= 15 is 0 Å². The van der Waals surface area contributed by atoms with Crippen molar-refractivity contribution < 1.29 is 17.9 Å². The summed E-state index contributed by atoms with van der Waals surface area (Å²) in [4.78, 5) is 24.4. The van der Waals surface area contributed by atoms with Gasteiger partial charge in [-0.15, -0.1) is 0 Å². The van der Waals surface area contributed by atoms with Crippen LogP contribution in [0.5, 0.6) is 5.75 Å². The second-order valence-electron chi connectivity index (χ2n) is 12.0. The number of hydrogen-bond donors (Lipinski definition) is 3. The standard InChI is InChI=1S/C32H40N8O4S/c1-20(2)45(42,43)28-10-6-5-8-24(28)36-32-38-31(37-29-11-15-34-40(29)32)35-26-18-21(3)23(19-27(26)44-4)22-12-16-39(17-13-22)30(41)25-9-7-14-33-25/h5-6,8,10-11,15,18-20,22,25,33H,7,9,12-14,16-17H2,1-4H3,(H2,35,36,37,38)/t25-/m0/s1. The number of hydrogen-bond acceptors (Lipinski definition) is 10. The smallest absolute Gasteiger partial charge is 0.239 e. The van der Waals surface area contributed by atoms with E-state index in [4.69, 9.17) is 4.74 Å². The number of likely N-dealkylation sites (tertiary alicyclic amines) is 1. The molecule has 2 aliphatic rings. The Balaban J connectivity index is 1.24. The number of aryl methyl sites for hydroxylation is 1. The summed E-state index contributed by atoms with van der Waals surface area (Å²) < 4.78 is 33.5. The molecule has 2 aromatic carbocycles. The third-order valence-corrected chi connectivity index (χ3v) is 11.0. The number of rotatable bonds is 9. The zero-order valence-electron chi connectivity index (χ0n) is 26.1. The topological polar surface area (TPSA) is 143 Å². The molecule has 2 saturated heterocycles. The first-order valence-corrected chi connectivity index (χ1v) is 17.0. The lowest BCUT2D eigenvalue weighted by Crippen LogP contribution is -2.46. The Bertz CT molecular complexity index is 1810. The van der Waals surface area contributed by atoms with Gasteiger partial charge in [-0.1, -0.05) is 12.1 Å². The molecule has 3 N–H and O–H groups in total. The molecule has 238 valence electrons. The molecule has 0 bridgehead atoms. The number of sulfone groups is 1. The van der Waals surface area contributed by atoms with Crippen LogP contribution in [0.2, 0.25) is 0 Å². The minimum atomic E-state index is -3.55. The van der Waals surface area contributed by atoms with E-state index in [0.717, 1.165) is 50.9 Å². The lowest BCUT2D eigenvalue weighted by Gasteiger charge is -2.34. The first-order valence-electron chi connectivity index (χ1n) is 15.4. The van der Waals surface area contributed by atoms with E-state index in [2.05, 4.69) is 44.0 Å². The number of ether oxygens (including phenoxy) is 1. The molecule has 12 nitrogen and oxygen atoms in total. The Morgan fingerprint density at radius 2 is 1.82 bits per heavy atom.